The molecule has 0 bridgehead atoms. The maximum atomic E-state index is 12.3. The van der Waals surface area contributed by atoms with Crippen molar-refractivity contribution in [2.75, 3.05) is 6.54 Å². The summed E-state index contributed by atoms with van der Waals surface area (Å²) in [4.78, 5) is 0. The molecule has 0 N–H and O–H groups in total. The summed E-state index contributed by atoms with van der Waals surface area (Å²) in [7, 11) is 0. The van der Waals surface area contributed by atoms with Crippen LogP contribution in [-0.4, -0.2) is 24.9 Å². The minimum atomic E-state index is -3.99. The normalized spacial score (nSPS) is 15.5. The molecule has 1 nitrogen and oxygen atoms in total. The van der Waals surface area contributed by atoms with Crippen LogP contribution in [0.15, 0.2) is 0 Å². The van der Waals surface area contributed by atoms with Crippen molar-refractivity contribution < 1.29 is 17.6 Å². The van der Waals surface area contributed by atoms with E-state index < -0.39 is 18.4 Å². The van der Waals surface area contributed by atoms with Gasteiger partial charge in [-0.25, -0.2) is 17.6 Å². The Kier molecular flexibility index (Phi) is 3.78. The molecule has 0 aliphatic carbocycles. The lowest BCUT2D eigenvalue weighted by molar-refractivity contribution is -0.134. The number of alkyl halides is 4. The molecule has 0 heterocycles. The summed E-state index contributed by atoms with van der Waals surface area (Å²) in [6, 6.07) is -1.60. The predicted octanol–water partition coefficient (Wildman–Crippen LogP) is 2.67. The molecule has 68 valence electrons. The smallest absolute Gasteiger partial charge is 0.299 e. The standard InChI is InChI=1S/C6H10F4N/c1-3-11-4(2)6(9,10)5(7)8/h4-5H,3H2,1-2H3/q-1. The third kappa shape index (κ3) is 2.65. The van der Waals surface area contributed by atoms with Crippen molar-refractivity contribution in [2.24, 2.45) is 0 Å². The fraction of sp³-hybridized carbons (Fsp3) is 1.00. The first-order valence-electron chi connectivity index (χ1n) is 3.25. The maximum Gasteiger partial charge on any atom is 0.299 e. The molecule has 0 amide bonds. The van der Waals surface area contributed by atoms with Gasteiger partial charge in [0, 0.05) is 0 Å². The average molecular weight is 172 g/mol. The number of rotatable bonds is 4. The average Bonchev–Trinajstić information content (AvgIpc) is 1.88. The first-order valence-corrected chi connectivity index (χ1v) is 3.25. The Hall–Kier alpha value is -0.320. The monoisotopic (exact) mass is 172 g/mol. The van der Waals surface area contributed by atoms with Crippen LogP contribution in [-0.2, 0) is 0 Å². The molecule has 0 aliphatic heterocycles. The molecule has 0 rings (SSSR count). The van der Waals surface area contributed by atoms with Crippen molar-refractivity contribution in [3.63, 3.8) is 0 Å². The second-order valence-corrected chi connectivity index (χ2v) is 2.15. The number of nitrogens with zero attached hydrogens (tertiary/aromatic N) is 1. The summed E-state index contributed by atoms with van der Waals surface area (Å²) in [5.41, 5.74) is 0. The maximum absolute atomic E-state index is 12.3. The zero-order valence-corrected chi connectivity index (χ0v) is 6.32. The van der Waals surface area contributed by atoms with Crippen LogP contribution < -0.4 is 0 Å². The molecule has 0 aliphatic rings. The fourth-order valence-corrected chi connectivity index (χ4v) is 0.578. The van der Waals surface area contributed by atoms with Gasteiger partial charge in [0.05, 0.1) is 0 Å². The van der Waals surface area contributed by atoms with Crippen molar-refractivity contribution >= 4 is 0 Å². The van der Waals surface area contributed by atoms with Crippen molar-refractivity contribution in [1.29, 1.82) is 0 Å². The summed E-state index contributed by atoms with van der Waals surface area (Å²) in [5, 5.41) is 3.29. The molecule has 1 unspecified atom stereocenters. The Balaban J connectivity index is 4.05. The van der Waals surface area contributed by atoms with Crippen molar-refractivity contribution in [3.8, 4) is 0 Å². The second-order valence-electron chi connectivity index (χ2n) is 2.15. The van der Waals surface area contributed by atoms with E-state index in [9.17, 15) is 17.6 Å². The van der Waals surface area contributed by atoms with Crippen LogP contribution in [0.25, 0.3) is 5.32 Å². The van der Waals surface area contributed by atoms with Crippen LogP contribution in [0.2, 0.25) is 0 Å². The predicted molar refractivity (Wildman–Crippen MR) is 34.3 cm³/mol. The van der Waals surface area contributed by atoms with E-state index in [0.29, 0.717) is 0 Å². The van der Waals surface area contributed by atoms with E-state index in [0.717, 1.165) is 6.92 Å². The minimum absolute atomic E-state index is 0.128. The van der Waals surface area contributed by atoms with Gasteiger partial charge in [-0.1, -0.05) is 19.9 Å². The van der Waals surface area contributed by atoms with Gasteiger partial charge in [-0.2, -0.15) is 6.54 Å². The number of hydrogen-bond acceptors (Lipinski definition) is 0. The molecule has 0 saturated heterocycles. The Bertz CT molecular complexity index is 115. The molecule has 0 fully saturated rings. The number of halogens is 4. The highest BCUT2D eigenvalue weighted by atomic mass is 19.3. The van der Waals surface area contributed by atoms with E-state index in [1.807, 2.05) is 0 Å². The van der Waals surface area contributed by atoms with Crippen LogP contribution in [0.1, 0.15) is 13.8 Å². The molecule has 0 aromatic carbocycles. The zero-order valence-electron chi connectivity index (χ0n) is 6.32. The summed E-state index contributed by atoms with van der Waals surface area (Å²) in [5.74, 6) is -3.99. The minimum Gasteiger partial charge on any atom is -0.655 e. The molecule has 1 atom stereocenters. The lowest BCUT2D eigenvalue weighted by Crippen LogP contribution is -2.38. The van der Waals surface area contributed by atoms with E-state index in [-0.39, 0.29) is 6.54 Å². The van der Waals surface area contributed by atoms with Crippen LogP contribution in [0, 0.1) is 0 Å². The van der Waals surface area contributed by atoms with Crippen molar-refractivity contribution in [2.45, 2.75) is 32.2 Å². The highest BCUT2D eigenvalue weighted by Crippen LogP contribution is 2.30. The molecule has 0 spiro atoms. The first-order chi connectivity index (χ1) is 4.92. The fourth-order valence-electron chi connectivity index (χ4n) is 0.578. The van der Waals surface area contributed by atoms with Crippen LogP contribution in [0.5, 0.6) is 0 Å². The van der Waals surface area contributed by atoms with Crippen LogP contribution in [0.3, 0.4) is 0 Å². The molecule has 5 heteroatoms. The van der Waals surface area contributed by atoms with Gasteiger partial charge < -0.3 is 5.32 Å². The molecule has 0 radical (unpaired) electrons. The first kappa shape index (κ1) is 10.7. The molecule has 0 saturated carbocycles. The highest BCUT2D eigenvalue weighted by Gasteiger charge is 2.41. The lowest BCUT2D eigenvalue weighted by Gasteiger charge is -2.33. The van der Waals surface area contributed by atoms with Gasteiger partial charge in [0.25, 0.3) is 12.3 Å². The molecular formula is C6H10F4N-. The van der Waals surface area contributed by atoms with Gasteiger partial charge >= 0.3 is 0 Å². The summed E-state index contributed by atoms with van der Waals surface area (Å²) < 4.78 is 47.7. The topological polar surface area (TPSA) is 14.1 Å². The summed E-state index contributed by atoms with van der Waals surface area (Å²) in [6.07, 6.45) is -3.63. The SMILES string of the molecule is CC[N-]C(C)C(F)(F)C(F)F. The van der Waals surface area contributed by atoms with Gasteiger partial charge in [-0.3, -0.25) is 0 Å². The lowest BCUT2D eigenvalue weighted by atomic mass is 10.2. The Morgan fingerprint density at radius 3 is 2.09 bits per heavy atom. The Morgan fingerprint density at radius 1 is 1.36 bits per heavy atom. The summed E-state index contributed by atoms with van der Waals surface area (Å²) >= 11 is 0. The Morgan fingerprint density at radius 2 is 1.82 bits per heavy atom. The molecular weight excluding hydrogens is 162 g/mol. The zero-order chi connectivity index (χ0) is 9.07. The van der Waals surface area contributed by atoms with Gasteiger partial charge in [0.1, 0.15) is 0 Å². The van der Waals surface area contributed by atoms with E-state index >= 15 is 0 Å². The number of hydrogen-bond donors (Lipinski definition) is 0. The van der Waals surface area contributed by atoms with Crippen molar-refractivity contribution in [3.05, 3.63) is 5.32 Å². The third-order valence-electron chi connectivity index (χ3n) is 1.30. The van der Waals surface area contributed by atoms with Crippen LogP contribution in [0.4, 0.5) is 17.6 Å². The van der Waals surface area contributed by atoms with Crippen molar-refractivity contribution in [1.82, 2.24) is 0 Å². The molecule has 0 aromatic rings. The van der Waals surface area contributed by atoms with Gasteiger partial charge in [-0.05, 0) is 0 Å². The van der Waals surface area contributed by atoms with Gasteiger partial charge in [-0.15, -0.1) is 0 Å². The largest absolute Gasteiger partial charge is 0.655 e. The molecule has 0 aromatic heterocycles. The quantitative estimate of drug-likeness (QED) is 0.579. The van der Waals surface area contributed by atoms with Gasteiger partial charge in [0.15, 0.2) is 0 Å². The van der Waals surface area contributed by atoms with Gasteiger partial charge in [0.2, 0.25) is 0 Å². The second kappa shape index (κ2) is 3.90. The van der Waals surface area contributed by atoms with Crippen LogP contribution >= 0.6 is 0 Å². The van der Waals surface area contributed by atoms with E-state index in [1.54, 1.807) is 0 Å². The summed E-state index contributed by atoms with van der Waals surface area (Å²) in [6.45, 7) is 2.64. The van der Waals surface area contributed by atoms with E-state index in [1.165, 1.54) is 6.92 Å². The Labute approximate surface area is 62.8 Å². The van der Waals surface area contributed by atoms with E-state index in [2.05, 4.69) is 5.32 Å². The third-order valence-corrected chi connectivity index (χ3v) is 1.30. The highest BCUT2D eigenvalue weighted by molar-refractivity contribution is 4.97. The molecule has 11 heavy (non-hydrogen) atoms. The van der Waals surface area contributed by atoms with E-state index in [4.69, 9.17) is 0 Å².